The van der Waals surface area contributed by atoms with Gasteiger partial charge in [0, 0.05) is 51.1 Å². The Bertz CT molecular complexity index is 1140. The molecule has 1 saturated heterocycles. The summed E-state index contributed by atoms with van der Waals surface area (Å²) < 4.78 is 43.0. The van der Waals surface area contributed by atoms with E-state index < -0.39 is 21.3 Å². The standard InChI is InChI=1S/C24H34FN5O4S/c1-24(2,3)34-23(31)30-10-8-17(9-11-30)15-29(4)22-13-21(27-16-28-22)26-14-18-6-7-19(12-20(18)25)35(5,32)33/h6-7,12-13,16-17H,8-11,14-15H2,1-5H3,(H,26,27,28). The number of likely N-dealkylation sites (tertiary alicyclic amines) is 1. The van der Waals surface area contributed by atoms with Gasteiger partial charge in [0.2, 0.25) is 0 Å². The average Bonchev–Trinajstić information content (AvgIpc) is 2.77. The van der Waals surface area contributed by atoms with Crippen molar-refractivity contribution in [1.29, 1.82) is 0 Å². The van der Waals surface area contributed by atoms with Crippen LogP contribution >= 0.6 is 0 Å². The van der Waals surface area contributed by atoms with E-state index in [1.54, 1.807) is 11.0 Å². The number of benzene rings is 1. The summed E-state index contributed by atoms with van der Waals surface area (Å²) in [5.41, 5.74) is -0.166. The number of carbonyl (C=O) groups excluding carboxylic acids is 1. The minimum absolute atomic E-state index is 0.0541. The molecule has 0 unspecified atom stereocenters. The Morgan fingerprint density at radius 2 is 1.91 bits per heavy atom. The first-order valence-corrected chi connectivity index (χ1v) is 13.4. The van der Waals surface area contributed by atoms with Crippen molar-refractivity contribution in [2.24, 2.45) is 5.92 Å². The van der Waals surface area contributed by atoms with Crippen molar-refractivity contribution in [2.45, 2.75) is 50.7 Å². The minimum atomic E-state index is -3.46. The molecular weight excluding hydrogens is 473 g/mol. The lowest BCUT2D eigenvalue weighted by atomic mass is 9.96. The number of nitrogens with zero attached hydrogens (tertiary/aromatic N) is 4. The van der Waals surface area contributed by atoms with Crippen molar-refractivity contribution in [3.8, 4) is 0 Å². The number of ether oxygens (including phenoxy) is 1. The highest BCUT2D eigenvalue weighted by atomic mass is 32.2. The van der Waals surface area contributed by atoms with Crippen molar-refractivity contribution in [3.63, 3.8) is 0 Å². The summed E-state index contributed by atoms with van der Waals surface area (Å²) in [7, 11) is -1.51. The van der Waals surface area contributed by atoms with Crippen LogP contribution in [0.2, 0.25) is 0 Å². The van der Waals surface area contributed by atoms with E-state index in [1.165, 1.54) is 18.5 Å². The molecule has 2 heterocycles. The second kappa shape index (κ2) is 10.8. The van der Waals surface area contributed by atoms with Crippen LogP contribution in [0.3, 0.4) is 0 Å². The van der Waals surface area contributed by atoms with E-state index in [0.717, 1.165) is 37.5 Å². The summed E-state index contributed by atoms with van der Waals surface area (Å²) in [5.74, 6) is 1.08. The van der Waals surface area contributed by atoms with Crippen LogP contribution < -0.4 is 10.2 Å². The molecule has 0 aliphatic carbocycles. The molecule has 1 aromatic heterocycles. The van der Waals surface area contributed by atoms with Crippen molar-refractivity contribution >= 4 is 27.6 Å². The normalized spacial score (nSPS) is 15.1. The highest BCUT2D eigenvalue weighted by molar-refractivity contribution is 7.90. The number of hydrogen-bond acceptors (Lipinski definition) is 8. The molecule has 0 saturated carbocycles. The van der Waals surface area contributed by atoms with Gasteiger partial charge in [-0.1, -0.05) is 6.07 Å². The lowest BCUT2D eigenvalue weighted by molar-refractivity contribution is 0.0186. The zero-order valence-corrected chi connectivity index (χ0v) is 21.7. The molecule has 3 rings (SSSR count). The van der Waals surface area contributed by atoms with Crippen LogP contribution in [-0.4, -0.2) is 67.9 Å². The molecule has 1 aliphatic rings. The third kappa shape index (κ3) is 7.78. The topological polar surface area (TPSA) is 105 Å². The predicted molar refractivity (Wildman–Crippen MR) is 133 cm³/mol. The molecule has 0 spiro atoms. The lowest BCUT2D eigenvalue weighted by Gasteiger charge is -2.35. The van der Waals surface area contributed by atoms with E-state index in [1.807, 2.05) is 32.7 Å². The van der Waals surface area contributed by atoms with E-state index in [-0.39, 0.29) is 17.5 Å². The first kappa shape index (κ1) is 26.7. The SMILES string of the molecule is CN(CC1CCN(C(=O)OC(C)(C)C)CC1)c1cc(NCc2ccc(S(C)(=O)=O)cc2F)ncn1. The molecule has 2 aromatic rings. The van der Waals surface area contributed by atoms with Gasteiger partial charge < -0.3 is 19.9 Å². The fraction of sp³-hybridized carbons (Fsp3) is 0.542. The Balaban J connectivity index is 1.53. The van der Waals surface area contributed by atoms with Crippen LogP contribution in [-0.2, 0) is 21.1 Å². The van der Waals surface area contributed by atoms with Crippen LogP contribution in [0, 0.1) is 11.7 Å². The van der Waals surface area contributed by atoms with Gasteiger partial charge in [-0.15, -0.1) is 0 Å². The Morgan fingerprint density at radius 3 is 2.51 bits per heavy atom. The van der Waals surface area contributed by atoms with Gasteiger partial charge in [-0.05, 0) is 51.7 Å². The van der Waals surface area contributed by atoms with Crippen molar-refractivity contribution in [3.05, 3.63) is 42.0 Å². The predicted octanol–water partition coefficient (Wildman–Crippen LogP) is 3.71. The number of nitrogens with one attached hydrogen (secondary N) is 1. The van der Waals surface area contributed by atoms with Gasteiger partial charge in [-0.25, -0.2) is 27.6 Å². The van der Waals surface area contributed by atoms with Crippen LogP contribution in [0.4, 0.5) is 20.8 Å². The number of sulfone groups is 1. The molecule has 0 radical (unpaired) electrons. The number of hydrogen-bond donors (Lipinski definition) is 1. The summed E-state index contributed by atoms with van der Waals surface area (Å²) >= 11 is 0. The van der Waals surface area contributed by atoms with Gasteiger partial charge in [0.25, 0.3) is 0 Å². The first-order valence-electron chi connectivity index (χ1n) is 11.6. The molecule has 1 aliphatic heterocycles. The number of aromatic nitrogens is 2. The van der Waals surface area contributed by atoms with Crippen molar-refractivity contribution < 1.29 is 22.3 Å². The third-order valence-electron chi connectivity index (χ3n) is 5.75. The fourth-order valence-electron chi connectivity index (χ4n) is 3.85. The second-order valence-corrected chi connectivity index (χ2v) is 11.9. The van der Waals surface area contributed by atoms with Crippen molar-refractivity contribution in [2.75, 3.05) is 43.2 Å². The van der Waals surface area contributed by atoms with Gasteiger partial charge >= 0.3 is 6.09 Å². The Hall–Kier alpha value is -2.95. The van der Waals surface area contributed by atoms with Gasteiger partial charge in [0.15, 0.2) is 9.84 Å². The lowest BCUT2D eigenvalue weighted by Crippen LogP contribution is -2.43. The van der Waals surface area contributed by atoms with Gasteiger partial charge in [-0.2, -0.15) is 0 Å². The van der Waals surface area contributed by atoms with E-state index >= 15 is 0 Å². The highest BCUT2D eigenvalue weighted by Crippen LogP contribution is 2.23. The second-order valence-electron chi connectivity index (χ2n) is 9.93. The monoisotopic (exact) mass is 507 g/mol. The van der Waals surface area contributed by atoms with E-state index in [4.69, 9.17) is 4.74 Å². The number of amides is 1. The number of piperidine rings is 1. The maximum absolute atomic E-state index is 14.3. The van der Waals surface area contributed by atoms with Gasteiger partial charge in [-0.3, -0.25) is 0 Å². The van der Waals surface area contributed by atoms with Crippen LogP contribution in [0.5, 0.6) is 0 Å². The van der Waals surface area contributed by atoms with Crippen LogP contribution in [0.15, 0.2) is 35.5 Å². The number of halogens is 1. The minimum Gasteiger partial charge on any atom is -0.444 e. The zero-order valence-electron chi connectivity index (χ0n) is 20.9. The van der Waals surface area contributed by atoms with Gasteiger partial charge in [0.1, 0.15) is 29.4 Å². The third-order valence-corrected chi connectivity index (χ3v) is 6.86. The fourth-order valence-corrected chi connectivity index (χ4v) is 4.48. The molecule has 9 nitrogen and oxygen atoms in total. The molecule has 11 heteroatoms. The number of carbonyl (C=O) groups is 1. The zero-order chi connectivity index (χ0) is 25.8. The summed E-state index contributed by atoms with van der Waals surface area (Å²) in [4.78, 5) is 24.6. The molecule has 1 aromatic carbocycles. The molecule has 0 atom stereocenters. The largest absolute Gasteiger partial charge is 0.444 e. The molecule has 35 heavy (non-hydrogen) atoms. The quantitative estimate of drug-likeness (QED) is 0.605. The number of rotatable bonds is 7. The van der Waals surface area contributed by atoms with Crippen LogP contribution in [0.1, 0.15) is 39.2 Å². The van der Waals surface area contributed by atoms with Gasteiger partial charge in [0.05, 0.1) is 4.90 Å². The van der Waals surface area contributed by atoms with Crippen molar-refractivity contribution in [1.82, 2.24) is 14.9 Å². The first-order chi connectivity index (χ1) is 16.3. The van der Waals surface area contributed by atoms with Crippen LogP contribution in [0.25, 0.3) is 0 Å². The molecule has 192 valence electrons. The molecule has 1 amide bonds. The molecule has 1 fully saturated rings. The van der Waals surface area contributed by atoms with E-state index in [9.17, 15) is 17.6 Å². The molecular formula is C24H34FN5O4S. The average molecular weight is 508 g/mol. The maximum Gasteiger partial charge on any atom is 0.410 e. The highest BCUT2D eigenvalue weighted by Gasteiger charge is 2.27. The van der Waals surface area contributed by atoms with E-state index in [0.29, 0.717) is 30.4 Å². The summed E-state index contributed by atoms with van der Waals surface area (Å²) in [6.45, 7) is 7.84. The summed E-state index contributed by atoms with van der Waals surface area (Å²) in [6, 6.07) is 5.66. The summed E-state index contributed by atoms with van der Waals surface area (Å²) in [5, 5.41) is 3.07. The maximum atomic E-state index is 14.3. The smallest absolute Gasteiger partial charge is 0.410 e. The number of anilines is 2. The Labute approximate surface area is 206 Å². The Morgan fingerprint density at radius 1 is 1.23 bits per heavy atom. The van der Waals surface area contributed by atoms with E-state index in [2.05, 4.69) is 15.3 Å². The Kier molecular flexibility index (Phi) is 8.19. The molecule has 0 bridgehead atoms. The summed E-state index contributed by atoms with van der Waals surface area (Å²) in [6.07, 6.45) is 3.98. The molecule has 1 N–H and O–H groups in total.